The van der Waals surface area contributed by atoms with Crippen molar-refractivity contribution in [2.24, 2.45) is 5.41 Å². The Morgan fingerprint density at radius 2 is 1.53 bits per heavy atom. The van der Waals surface area contributed by atoms with E-state index >= 15 is 0 Å². The number of methoxy groups -OCH3 is 1. The molecule has 2 saturated carbocycles. The number of aromatic nitrogens is 1. The predicted octanol–water partition coefficient (Wildman–Crippen LogP) is 4.14. The highest BCUT2D eigenvalue weighted by molar-refractivity contribution is 7.87. The van der Waals surface area contributed by atoms with Gasteiger partial charge < -0.3 is 24.0 Å². The lowest BCUT2D eigenvalue weighted by Gasteiger charge is -2.52. The number of hydrogen-bond acceptors (Lipinski definition) is 7. The quantitative estimate of drug-likeness (QED) is 0.360. The molecule has 2 bridgehead atoms. The maximum Gasteiger partial charge on any atom is 0.303 e. The molecule has 7 rings (SSSR count). The van der Waals surface area contributed by atoms with E-state index in [9.17, 15) is 18.0 Å². The van der Waals surface area contributed by atoms with Crippen molar-refractivity contribution in [3.05, 3.63) is 53.6 Å². The molecule has 0 radical (unpaired) electrons. The average Bonchev–Trinajstić information content (AvgIpc) is 3.79. The van der Waals surface area contributed by atoms with Crippen molar-refractivity contribution in [2.75, 3.05) is 61.5 Å². The molecule has 11 nitrogen and oxygen atoms in total. The number of fused-ring (bicyclic) bond motifs is 3. The molecular weight excluding hydrogens is 641 g/mol. The molecule has 2 saturated heterocycles. The number of nitrogens with zero attached hydrogens (tertiary/aromatic N) is 5. The van der Waals surface area contributed by atoms with Gasteiger partial charge in [-0.25, -0.2) is 4.72 Å². The minimum Gasteiger partial charge on any atom is -0.497 e. The molecule has 4 aliphatic rings. The Hall–Kier alpha value is -3.45. The van der Waals surface area contributed by atoms with Gasteiger partial charge >= 0.3 is 10.2 Å². The Labute approximate surface area is 290 Å². The Morgan fingerprint density at radius 1 is 0.918 bits per heavy atom. The van der Waals surface area contributed by atoms with E-state index in [0.717, 1.165) is 96.9 Å². The summed E-state index contributed by atoms with van der Waals surface area (Å²) in [5.74, 6) is 0.672. The van der Waals surface area contributed by atoms with Gasteiger partial charge in [0.05, 0.1) is 30.3 Å². The van der Waals surface area contributed by atoms with Gasteiger partial charge in [-0.15, -0.1) is 0 Å². The standard InChI is InChI=1S/C37H50N6O5S/c1-39(2)49(46,47)38-35(44)27-13-16-31-32(19-27)42(34(26-11-14-30(48-5)15-12-26)33(31)25-9-7-6-8-10-25)24-37(17-18-37)36(45)43-28-20-40(3)21-29(43)23-41(4)22-28/h11-16,19,25,28-29H,6-10,17-18,20-24H2,1-5H3,(H,38,44). The van der Waals surface area contributed by atoms with E-state index in [1.165, 1.54) is 26.1 Å². The highest BCUT2D eigenvalue weighted by Gasteiger charge is 2.56. The first kappa shape index (κ1) is 34.0. The van der Waals surface area contributed by atoms with Gasteiger partial charge in [-0.3, -0.25) is 9.59 Å². The van der Waals surface area contributed by atoms with Crippen LogP contribution in [0, 0.1) is 5.41 Å². The first-order valence-electron chi connectivity index (χ1n) is 17.7. The smallest absolute Gasteiger partial charge is 0.303 e. The Morgan fingerprint density at radius 3 is 2.08 bits per heavy atom. The molecule has 4 fully saturated rings. The van der Waals surface area contributed by atoms with Gasteiger partial charge in [-0.2, -0.15) is 12.7 Å². The number of nitrogens with one attached hydrogen (secondary N) is 1. The van der Waals surface area contributed by atoms with Crippen molar-refractivity contribution < 1.29 is 22.7 Å². The summed E-state index contributed by atoms with van der Waals surface area (Å²) < 4.78 is 36.2. The second-order valence-electron chi connectivity index (χ2n) is 15.1. The molecule has 1 N–H and O–H groups in total. The van der Waals surface area contributed by atoms with Gasteiger partial charge in [-0.1, -0.05) is 25.3 Å². The zero-order valence-electron chi connectivity index (χ0n) is 29.4. The lowest BCUT2D eigenvalue weighted by atomic mass is 9.81. The van der Waals surface area contributed by atoms with E-state index in [4.69, 9.17) is 4.74 Å². The molecule has 3 heterocycles. The molecular formula is C37H50N6O5S. The second kappa shape index (κ2) is 13.0. The number of rotatable bonds is 9. The van der Waals surface area contributed by atoms with Gasteiger partial charge in [0.15, 0.2) is 0 Å². The number of ether oxygens (including phenoxy) is 1. The molecule has 2 aliphatic heterocycles. The third-order valence-electron chi connectivity index (χ3n) is 11.3. The molecule has 1 aromatic heterocycles. The summed E-state index contributed by atoms with van der Waals surface area (Å²) >= 11 is 0. The van der Waals surface area contributed by atoms with Crippen LogP contribution in [-0.4, -0.2) is 117 Å². The molecule has 3 aromatic rings. The average molecular weight is 691 g/mol. The number of benzene rings is 2. The lowest BCUT2D eigenvalue weighted by molar-refractivity contribution is -0.151. The van der Waals surface area contributed by atoms with Gasteiger partial charge in [-0.05, 0) is 93.2 Å². The monoisotopic (exact) mass is 690 g/mol. The largest absolute Gasteiger partial charge is 0.497 e. The van der Waals surface area contributed by atoms with Crippen molar-refractivity contribution in [1.29, 1.82) is 0 Å². The fraction of sp³-hybridized carbons (Fsp3) is 0.568. The molecule has 0 atom stereocenters. The summed E-state index contributed by atoms with van der Waals surface area (Å²) in [6.07, 6.45) is 7.32. The van der Waals surface area contributed by atoms with Crippen molar-refractivity contribution in [3.63, 3.8) is 0 Å². The first-order chi connectivity index (χ1) is 23.4. The molecule has 0 spiro atoms. The van der Waals surface area contributed by atoms with E-state index < -0.39 is 21.5 Å². The third kappa shape index (κ3) is 6.37. The van der Waals surface area contributed by atoms with Crippen LogP contribution in [0.2, 0.25) is 0 Å². The Balaban J connectivity index is 1.37. The molecule has 2 aromatic carbocycles. The van der Waals surface area contributed by atoms with Crippen LogP contribution < -0.4 is 9.46 Å². The molecule has 12 heteroatoms. The van der Waals surface area contributed by atoms with Crippen LogP contribution in [-0.2, 0) is 21.5 Å². The van der Waals surface area contributed by atoms with Crippen LogP contribution >= 0.6 is 0 Å². The fourth-order valence-corrected chi connectivity index (χ4v) is 9.20. The van der Waals surface area contributed by atoms with Crippen molar-refractivity contribution in [1.82, 2.24) is 28.3 Å². The molecule has 2 amide bonds. The van der Waals surface area contributed by atoms with Crippen molar-refractivity contribution in [2.45, 2.75) is 69.5 Å². The second-order valence-corrected chi connectivity index (χ2v) is 17.0. The molecule has 264 valence electrons. The fourth-order valence-electron chi connectivity index (χ4n) is 8.67. The highest BCUT2D eigenvalue weighted by atomic mass is 32.2. The van der Waals surface area contributed by atoms with Crippen LogP contribution in [0.3, 0.4) is 0 Å². The number of carbonyl (C=O) groups is 2. The maximum absolute atomic E-state index is 14.8. The summed E-state index contributed by atoms with van der Waals surface area (Å²) in [6.45, 7) is 3.97. The van der Waals surface area contributed by atoms with Crippen LogP contribution in [0.15, 0.2) is 42.5 Å². The van der Waals surface area contributed by atoms with Crippen molar-refractivity contribution in [3.8, 4) is 17.0 Å². The number of carbonyl (C=O) groups excluding carboxylic acids is 2. The minimum atomic E-state index is -3.98. The highest BCUT2D eigenvalue weighted by Crippen LogP contribution is 2.53. The van der Waals surface area contributed by atoms with Crippen LogP contribution in [0.25, 0.3) is 22.2 Å². The predicted molar refractivity (Wildman–Crippen MR) is 191 cm³/mol. The Kier molecular flexibility index (Phi) is 9.04. The topological polar surface area (TPSA) is 107 Å². The minimum absolute atomic E-state index is 0.154. The number of hydrogen-bond donors (Lipinski definition) is 1. The van der Waals surface area contributed by atoms with E-state index in [1.807, 2.05) is 24.3 Å². The van der Waals surface area contributed by atoms with Crippen LogP contribution in [0.5, 0.6) is 5.75 Å². The zero-order valence-corrected chi connectivity index (χ0v) is 30.3. The normalized spacial score (nSPS) is 23.2. The molecule has 0 unspecified atom stereocenters. The Bertz CT molecular complexity index is 1810. The van der Waals surface area contributed by atoms with Gasteiger partial charge in [0, 0.05) is 63.3 Å². The van der Waals surface area contributed by atoms with Crippen LogP contribution in [0.4, 0.5) is 0 Å². The third-order valence-corrected chi connectivity index (χ3v) is 12.7. The summed E-state index contributed by atoms with van der Waals surface area (Å²) in [4.78, 5) is 35.2. The van der Waals surface area contributed by atoms with Gasteiger partial charge in [0.2, 0.25) is 5.91 Å². The summed E-state index contributed by atoms with van der Waals surface area (Å²) in [7, 11) is 4.76. The summed E-state index contributed by atoms with van der Waals surface area (Å²) in [5.41, 5.74) is 3.97. The number of amides is 2. The molecule has 2 aliphatic carbocycles. The summed E-state index contributed by atoms with van der Waals surface area (Å²) in [5, 5.41) is 1.06. The first-order valence-corrected chi connectivity index (χ1v) is 19.1. The van der Waals surface area contributed by atoms with E-state index in [0.29, 0.717) is 12.5 Å². The maximum atomic E-state index is 14.8. The van der Waals surface area contributed by atoms with Crippen LogP contribution in [0.1, 0.15) is 66.8 Å². The van der Waals surface area contributed by atoms with E-state index in [1.54, 1.807) is 13.2 Å². The lowest BCUT2D eigenvalue weighted by Crippen LogP contribution is -2.69. The number of likely N-dealkylation sites (N-methyl/N-ethyl adjacent to an activating group) is 2. The van der Waals surface area contributed by atoms with E-state index in [2.05, 4.69) is 50.2 Å². The summed E-state index contributed by atoms with van der Waals surface area (Å²) in [6, 6.07) is 14.0. The molecule has 49 heavy (non-hydrogen) atoms. The van der Waals surface area contributed by atoms with Gasteiger partial charge in [0.25, 0.3) is 5.91 Å². The van der Waals surface area contributed by atoms with Gasteiger partial charge in [0.1, 0.15) is 5.75 Å². The SMILES string of the molecule is COc1ccc(-c2c(C3CCCCC3)c3ccc(C(=O)NS(=O)(=O)N(C)C)cc3n2CC2(C(=O)N3C4CN(C)CC3CN(C)C4)CC2)cc1. The van der Waals surface area contributed by atoms with Crippen molar-refractivity contribution >= 4 is 32.9 Å². The number of piperazine rings is 2. The van der Waals surface area contributed by atoms with E-state index in [-0.39, 0.29) is 23.6 Å². The zero-order chi connectivity index (χ0) is 34.7.